The van der Waals surface area contributed by atoms with Crippen molar-refractivity contribution in [1.82, 2.24) is 0 Å². The van der Waals surface area contributed by atoms with Gasteiger partial charge in [0.05, 0.1) is 5.71 Å². The lowest BCUT2D eigenvalue weighted by atomic mass is 10.0. The minimum Gasteiger partial charge on any atom is -0.391 e. The average Bonchev–Trinajstić information content (AvgIpc) is 3.49. The van der Waals surface area contributed by atoms with Crippen LogP contribution in [0.5, 0.6) is 0 Å². The first-order valence-corrected chi connectivity index (χ1v) is 11.1. The molecule has 3 aromatic rings. The Hall–Kier alpha value is -1.52. The molecule has 2 atom stereocenters. The van der Waals surface area contributed by atoms with Crippen molar-refractivity contribution in [3.8, 4) is 0 Å². The molecule has 1 aliphatic carbocycles. The summed E-state index contributed by atoms with van der Waals surface area (Å²) < 4.78 is 1.03. The van der Waals surface area contributed by atoms with Gasteiger partial charge in [-0.1, -0.05) is 86.2 Å². The van der Waals surface area contributed by atoms with Crippen LogP contribution in [0.4, 0.5) is 0 Å². The van der Waals surface area contributed by atoms with Crippen molar-refractivity contribution >= 4 is 56.4 Å². The third-order valence-corrected chi connectivity index (χ3v) is 6.35. The van der Waals surface area contributed by atoms with E-state index in [0.717, 1.165) is 32.8 Å². The molecule has 0 aliphatic heterocycles. The smallest absolute Gasteiger partial charge is 0.143 e. The Morgan fingerprint density at radius 1 is 0.931 bits per heavy atom. The van der Waals surface area contributed by atoms with Crippen molar-refractivity contribution in [2.24, 2.45) is 11.1 Å². The number of benzene rings is 3. The molecular weight excluding hydrogens is 493 g/mol. The van der Waals surface area contributed by atoms with Crippen LogP contribution in [-0.2, 0) is 11.4 Å². The molecular formula is C23H17BrCl3NO. The van der Waals surface area contributed by atoms with Crippen molar-refractivity contribution in [3.05, 3.63) is 103 Å². The molecule has 0 radical (unpaired) electrons. The van der Waals surface area contributed by atoms with Gasteiger partial charge in [0.2, 0.25) is 0 Å². The molecule has 29 heavy (non-hydrogen) atoms. The van der Waals surface area contributed by atoms with Crippen LogP contribution in [0.2, 0.25) is 15.1 Å². The molecule has 148 valence electrons. The van der Waals surface area contributed by atoms with Gasteiger partial charge in [-0.25, -0.2) is 0 Å². The zero-order valence-corrected chi connectivity index (χ0v) is 19.1. The van der Waals surface area contributed by atoms with Gasteiger partial charge in [-0.2, -0.15) is 0 Å². The molecule has 0 N–H and O–H groups in total. The monoisotopic (exact) mass is 507 g/mol. The fourth-order valence-corrected chi connectivity index (χ4v) is 4.19. The summed E-state index contributed by atoms with van der Waals surface area (Å²) in [4.78, 5) is 5.72. The fourth-order valence-electron chi connectivity index (χ4n) is 3.34. The van der Waals surface area contributed by atoms with Gasteiger partial charge in [-0.05, 0) is 59.9 Å². The van der Waals surface area contributed by atoms with E-state index in [2.05, 4.69) is 45.4 Å². The van der Waals surface area contributed by atoms with E-state index >= 15 is 0 Å². The summed E-state index contributed by atoms with van der Waals surface area (Å²) in [5.74, 6) is 0.718. The van der Waals surface area contributed by atoms with E-state index in [9.17, 15) is 0 Å². The molecule has 1 fully saturated rings. The standard InChI is InChI=1S/C23H17BrCl3NO/c24-17-6-1-15(2-7-17)23(21-12-20(21)14-3-8-18(25)9-4-14)28-29-13-16-5-10-19(26)11-22(16)27/h1-11,20-21H,12-13H2/b28-23-/t20-,21+/m1/s1. The lowest BCUT2D eigenvalue weighted by molar-refractivity contribution is 0.130. The Labute approximate surface area is 193 Å². The second kappa shape index (κ2) is 9.09. The minimum absolute atomic E-state index is 0.286. The topological polar surface area (TPSA) is 21.6 Å². The number of oxime groups is 1. The second-order valence-electron chi connectivity index (χ2n) is 6.99. The molecule has 0 aromatic heterocycles. The van der Waals surface area contributed by atoms with Crippen LogP contribution in [0.3, 0.4) is 0 Å². The van der Waals surface area contributed by atoms with Crippen LogP contribution in [0.25, 0.3) is 0 Å². The third kappa shape index (κ3) is 5.16. The highest BCUT2D eigenvalue weighted by Gasteiger charge is 2.43. The number of rotatable bonds is 6. The Morgan fingerprint density at radius 3 is 2.31 bits per heavy atom. The number of hydrogen-bond acceptors (Lipinski definition) is 2. The quantitative estimate of drug-likeness (QED) is 0.243. The number of nitrogens with zero attached hydrogens (tertiary/aromatic N) is 1. The molecule has 0 unspecified atom stereocenters. The Morgan fingerprint density at radius 2 is 1.62 bits per heavy atom. The molecule has 6 heteroatoms. The molecule has 0 bridgehead atoms. The van der Waals surface area contributed by atoms with Crippen LogP contribution in [0.1, 0.15) is 29.0 Å². The first-order chi connectivity index (χ1) is 14.0. The average molecular weight is 510 g/mol. The van der Waals surface area contributed by atoms with Gasteiger partial charge in [0.15, 0.2) is 0 Å². The van der Waals surface area contributed by atoms with Crippen molar-refractivity contribution < 1.29 is 4.84 Å². The predicted molar refractivity (Wildman–Crippen MR) is 124 cm³/mol. The van der Waals surface area contributed by atoms with Crippen molar-refractivity contribution in [3.63, 3.8) is 0 Å². The van der Waals surface area contributed by atoms with Gasteiger partial charge in [-0.3, -0.25) is 0 Å². The largest absolute Gasteiger partial charge is 0.391 e. The van der Waals surface area contributed by atoms with Gasteiger partial charge in [0.25, 0.3) is 0 Å². The van der Waals surface area contributed by atoms with Crippen LogP contribution in [0.15, 0.2) is 76.4 Å². The van der Waals surface area contributed by atoms with Crippen molar-refractivity contribution in [1.29, 1.82) is 0 Å². The van der Waals surface area contributed by atoms with Crippen molar-refractivity contribution in [2.75, 3.05) is 0 Å². The van der Waals surface area contributed by atoms with Gasteiger partial charge >= 0.3 is 0 Å². The maximum atomic E-state index is 6.24. The highest BCUT2D eigenvalue weighted by atomic mass is 79.9. The van der Waals surface area contributed by atoms with Crippen molar-refractivity contribution in [2.45, 2.75) is 18.9 Å². The predicted octanol–water partition coefficient (Wildman–Crippen LogP) is 8.13. The first kappa shape index (κ1) is 20.7. The highest BCUT2D eigenvalue weighted by Crippen LogP contribution is 2.49. The normalized spacial score (nSPS) is 18.6. The van der Waals surface area contributed by atoms with Crippen LogP contribution >= 0.6 is 50.7 Å². The Kier molecular flexibility index (Phi) is 6.50. The zero-order valence-electron chi connectivity index (χ0n) is 15.3. The summed E-state index contributed by atoms with van der Waals surface area (Å²) in [6.07, 6.45) is 1.03. The van der Waals surface area contributed by atoms with E-state index in [-0.39, 0.29) is 6.61 Å². The first-order valence-electron chi connectivity index (χ1n) is 9.16. The molecule has 0 spiro atoms. The summed E-state index contributed by atoms with van der Waals surface area (Å²) in [6, 6.07) is 21.5. The number of hydrogen-bond donors (Lipinski definition) is 0. The molecule has 3 aromatic carbocycles. The molecule has 4 rings (SSSR count). The lowest BCUT2D eigenvalue weighted by Crippen LogP contribution is -2.07. The summed E-state index contributed by atoms with van der Waals surface area (Å²) >= 11 is 21.7. The van der Waals surface area contributed by atoms with Gasteiger partial charge < -0.3 is 4.84 Å². The van der Waals surface area contributed by atoms with E-state index in [0.29, 0.717) is 21.9 Å². The molecule has 1 saturated carbocycles. The second-order valence-corrected chi connectivity index (χ2v) is 9.19. The third-order valence-electron chi connectivity index (χ3n) is 4.98. The van der Waals surface area contributed by atoms with E-state index in [1.165, 1.54) is 5.56 Å². The summed E-state index contributed by atoms with van der Waals surface area (Å²) in [6.45, 7) is 0.286. The molecule has 2 nitrogen and oxygen atoms in total. The van der Waals surface area contributed by atoms with Gasteiger partial charge in [0, 0.05) is 31.0 Å². The number of halogens is 4. The Bertz CT molecular complexity index is 1030. The maximum Gasteiger partial charge on any atom is 0.143 e. The van der Waals surface area contributed by atoms with E-state index < -0.39 is 0 Å². The molecule has 0 heterocycles. The minimum atomic E-state index is 0.286. The van der Waals surface area contributed by atoms with Gasteiger partial charge in [-0.15, -0.1) is 0 Å². The van der Waals surface area contributed by atoms with Crippen LogP contribution < -0.4 is 0 Å². The van der Waals surface area contributed by atoms with E-state index in [1.54, 1.807) is 12.1 Å². The lowest BCUT2D eigenvalue weighted by Gasteiger charge is -2.09. The van der Waals surface area contributed by atoms with Crippen LogP contribution in [-0.4, -0.2) is 5.71 Å². The summed E-state index contributed by atoms with van der Waals surface area (Å²) in [7, 11) is 0. The van der Waals surface area contributed by atoms with Crippen LogP contribution in [0, 0.1) is 5.92 Å². The fraction of sp³-hybridized carbons (Fsp3) is 0.174. The zero-order chi connectivity index (χ0) is 20.4. The summed E-state index contributed by atoms with van der Waals surface area (Å²) in [5.41, 5.74) is 4.12. The summed E-state index contributed by atoms with van der Waals surface area (Å²) in [5, 5.41) is 6.44. The maximum absolute atomic E-state index is 6.24. The molecule has 0 saturated heterocycles. The SMILES string of the molecule is Clc1ccc([C@H]2C[C@@H]2/C(=N\OCc2ccc(Cl)cc2Cl)c2ccc(Br)cc2)cc1. The molecule has 0 amide bonds. The molecule has 1 aliphatic rings. The van der Waals surface area contributed by atoms with Gasteiger partial charge in [0.1, 0.15) is 6.61 Å². The Balaban J connectivity index is 1.55. The van der Waals surface area contributed by atoms with E-state index in [4.69, 9.17) is 39.6 Å². The highest BCUT2D eigenvalue weighted by molar-refractivity contribution is 9.10. The van der Waals surface area contributed by atoms with E-state index in [1.807, 2.05) is 30.3 Å².